The molecule has 24 heavy (non-hydrogen) atoms. The minimum atomic E-state index is 0.672. The Morgan fingerprint density at radius 1 is 0.958 bits per heavy atom. The van der Waals surface area contributed by atoms with E-state index in [-0.39, 0.29) is 0 Å². The zero-order chi connectivity index (χ0) is 16.1. The summed E-state index contributed by atoms with van der Waals surface area (Å²) in [6, 6.07) is 4.15. The molecule has 2 aliphatic heterocycles. The molecule has 0 N–H and O–H groups in total. The summed E-state index contributed by atoms with van der Waals surface area (Å²) in [6.07, 6.45) is 3.36. The lowest BCUT2D eigenvalue weighted by atomic mass is 10.0. The third kappa shape index (κ3) is 2.23. The molecule has 2 aliphatic rings. The van der Waals surface area contributed by atoms with Crippen LogP contribution in [-0.2, 0) is 0 Å². The van der Waals surface area contributed by atoms with E-state index < -0.39 is 0 Å². The summed E-state index contributed by atoms with van der Waals surface area (Å²) in [5.41, 5.74) is 2.08. The molecular weight excluding hydrogens is 320 g/mol. The number of fused-ring (bicyclic) bond motifs is 2. The van der Waals surface area contributed by atoms with E-state index in [2.05, 4.69) is 47.2 Å². The first-order valence-electron chi connectivity index (χ1n) is 8.24. The van der Waals surface area contributed by atoms with Crippen molar-refractivity contribution in [1.82, 2.24) is 19.9 Å². The van der Waals surface area contributed by atoms with E-state index in [4.69, 9.17) is 0 Å². The Balaban J connectivity index is 1.36. The molecule has 2 atom stereocenters. The minimum absolute atomic E-state index is 0.672. The number of nitrogens with zero attached hydrogens (tertiary/aromatic N) is 6. The van der Waals surface area contributed by atoms with Gasteiger partial charge in [0.1, 0.15) is 24.3 Å². The summed E-state index contributed by atoms with van der Waals surface area (Å²) in [5.74, 6) is 3.51. The highest BCUT2D eigenvalue weighted by Gasteiger charge is 2.41. The summed E-state index contributed by atoms with van der Waals surface area (Å²) in [4.78, 5) is 22.4. The van der Waals surface area contributed by atoms with Crippen LogP contribution in [0.2, 0.25) is 0 Å². The first-order chi connectivity index (χ1) is 11.8. The zero-order valence-electron chi connectivity index (χ0n) is 13.5. The molecule has 5 heterocycles. The van der Waals surface area contributed by atoms with Crippen molar-refractivity contribution in [3.05, 3.63) is 35.9 Å². The van der Waals surface area contributed by atoms with Crippen LogP contribution in [0.25, 0.3) is 10.2 Å². The second-order valence-corrected chi connectivity index (χ2v) is 7.60. The van der Waals surface area contributed by atoms with Crippen LogP contribution in [0.4, 0.5) is 11.6 Å². The topological polar surface area (TPSA) is 58.0 Å². The average Bonchev–Trinajstić information content (AvgIpc) is 3.28. The fraction of sp³-hybridized carbons (Fsp3) is 0.412. The molecule has 0 radical (unpaired) electrons. The van der Waals surface area contributed by atoms with Crippen LogP contribution >= 0.6 is 11.3 Å². The molecule has 2 saturated heterocycles. The molecule has 3 aromatic rings. The molecule has 0 amide bonds. The van der Waals surface area contributed by atoms with Gasteiger partial charge in [-0.3, -0.25) is 0 Å². The van der Waals surface area contributed by atoms with E-state index in [0.717, 1.165) is 49.0 Å². The molecule has 2 fully saturated rings. The lowest BCUT2D eigenvalue weighted by Gasteiger charge is -2.23. The normalized spacial score (nSPS) is 23.2. The van der Waals surface area contributed by atoms with Crippen LogP contribution in [0, 0.1) is 18.8 Å². The van der Waals surface area contributed by atoms with E-state index >= 15 is 0 Å². The van der Waals surface area contributed by atoms with Crippen molar-refractivity contribution in [2.24, 2.45) is 11.8 Å². The maximum absolute atomic E-state index is 4.57. The monoisotopic (exact) mass is 338 g/mol. The fourth-order valence-corrected chi connectivity index (χ4v) is 4.83. The van der Waals surface area contributed by atoms with Gasteiger partial charge in [0.2, 0.25) is 0 Å². The van der Waals surface area contributed by atoms with Gasteiger partial charge in [-0.25, -0.2) is 19.9 Å². The van der Waals surface area contributed by atoms with Crippen LogP contribution in [-0.4, -0.2) is 46.1 Å². The lowest BCUT2D eigenvalue weighted by molar-refractivity contribution is 0.533. The van der Waals surface area contributed by atoms with E-state index in [1.807, 2.05) is 6.92 Å². The number of hydrogen-bond donors (Lipinski definition) is 0. The summed E-state index contributed by atoms with van der Waals surface area (Å²) >= 11 is 1.73. The van der Waals surface area contributed by atoms with Gasteiger partial charge >= 0.3 is 0 Å². The van der Waals surface area contributed by atoms with E-state index in [1.54, 1.807) is 24.0 Å². The van der Waals surface area contributed by atoms with Gasteiger partial charge in [0.05, 0.1) is 10.2 Å². The van der Waals surface area contributed by atoms with Crippen molar-refractivity contribution in [2.45, 2.75) is 6.92 Å². The molecule has 122 valence electrons. The van der Waals surface area contributed by atoms with Crippen LogP contribution in [0.3, 0.4) is 0 Å². The molecule has 0 saturated carbocycles. The summed E-state index contributed by atoms with van der Waals surface area (Å²) in [6.45, 7) is 6.28. The number of anilines is 2. The average molecular weight is 338 g/mol. The molecule has 0 spiro atoms. The molecule has 2 unspecified atom stereocenters. The van der Waals surface area contributed by atoms with Crippen LogP contribution in [0.5, 0.6) is 0 Å². The molecule has 7 heteroatoms. The van der Waals surface area contributed by atoms with Gasteiger partial charge in [-0.2, -0.15) is 0 Å². The van der Waals surface area contributed by atoms with E-state index in [1.165, 1.54) is 4.70 Å². The van der Waals surface area contributed by atoms with Gasteiger partial charge < -0.3 is 9.80 Å². The molecule has 6 nitrogen and oxygen atoms in total. The third-order valence-corrected chi connectivity index (χ3v) is 6.02. The molecule has 0 aliphatic carbocycles. The second kappa shape index (κ2) is 5.37. The Bertz CT molecular complexity index is 879. The second-order valence-electron chi connectivity index (χ2n) is 6.68. The quantitative estimate of drug-likeness (QED) is 0.715. The van der Waals surface area contributed by atoms with Gasteiger partial charge in [0.25, 0.3) is 0 Å². The highest BCUT2D eigenvalue weighted by molar-refractivity contribution is 7.17. The lowest BCUT2D eigenvalue weighted by Crippen LogP contribution is -2.29. The van der Waals surface area contributed by atoms with Crippen LogP contribution < -0.4 is 9.80 Å². The number of rotatable bonds is 2. The van der Waals surface area contributed by atoms with Gasteiger partial charge in [0.15, 0.2) is 0 Å². The van der Waals surface area contributed by atoms with Crippen molar-refractivity contribution >= 4 is 33.2 Å². The van der Waals surface area contributed by atoms with Gasteiger partial charge in [-0.1, -0.05) is 0 Å². The first kappa shape index (κ1) is 14.1. The number of aryl methyl sites for hydroxylation is 1. The maximum atomic E-state index is 4.57. The SMILES string of the molecule is Cc1cc(N2CC3CN(c4ncnc5ccsc45)CC3C2)ncn1. The Morgan fingerprint density at radius 2 is 1.71 bits per heavy atom. The first-order valence-corrected chi connectivity index (χ1v) is 9.12. The van der Waals surface area contributed by atoms with E-state index in [0.29, 0.717) is 11.8 Å². The molecule has 0 aromatic carbocycles. The van der Waals surface area contributed by atoms with Gasteiger partial charge in [-0.15, -0.1) is 11.3 Å². The minimum Gasteiger partial charge on any atom is -0.356 e. The van der Waals surface area contributed by atoms with Crippen LogP contribution in [0.15, 0.2) is 30.2 Å². The van der Waals surface area contributed by atoms with Crippen molar-refractivity contribution in [1.29, 1.82) is 0 Å². The molecule has 3 aromatic heterocycles. The van der Waals surface area contributed by atoms with E-state index in [9.17, 15) is 0 Å². The molecule has 0 bridgehead atoms. The Labute approximate surface area is 144 Å². The standard InChI is InChI=1S/C17H18N6S/c1-11-4-15(20-9-18-11)22-5-12-7-23(8-13(12)6-22)17-16-14(2-3-24-16)19-10-21-17/h2-4,9-10,12-13H,5-8H2,1H3. The highest BCUT2D eigenvalue weighted by atomic mass is 32.1. The van der Waals surface area contributed by atoms with Crippen LogP contribution in [0.1, 0.15) is 5.69 Å². The Kier molecular flexibility index (Phi) is 3.16. The van der Waals surface area contributed by atoms with Gasteiger partial charge in [-0.05, 0) is 18.4 Å². The maximum Gasteiger partial charge on any atom is 0.150 e. The number of hydrogen-bond acceptors (Lipinski definition) is 7. The van der Waals surface area contributed by atoms with Crippen molar-refractivity contribution in [2.75, 3.05) is 36.0 Å². The van der Waals surface area contributed by atoms with Crippen molar-refractivity contribution in [3.8, 4) is 0 Å². The Morgan fingerprint density at radius 3 is 2.50 bits per heavy atom. The molecule has 5 rings (SSSR count). The third-order valence-electron chi connectivity index (χ3n) is 5.12. The molecular formula is C17H18N6S. The summed E-state index contributed by atoms with van der Waals surface area (Å²) < 4.78 is 1.21. The predicted molar refractivity (Wildman–Crippen MR) is 95.6 cm³/mol. The smallest absolute Gasteiger partial charge is 0.150 e. The number of thiophene rings is 1. The highest BCUT2D eigenvalue weighted by Crippen LogP contribution is 2.37. The fourth-order valence-electron chi connectivity index (χ4n) is 3.97. The number of aromatic nitrogens is 4. The van der Waals surface area contributed by atoms with Crippen molar-refractivity contribution in [3.63, 3.8) is 0 Å². The van der Waals surface area contributed by atoms with Crippen molar-refractivity contribution < 1.29 is 0 Å². The van der Waals surface area contributed by atoms with Gasteiger partial charge in [0, 0.05) is 49.8 Å². The zero-order valence-corrected chi connectivity index (χ0v) is 14.3. The predicted octanol–water partition coefficient (Wildman–Crippen LogP) is 2.36. The summed E-state index contributed by atoms with van der Waals surface area (Å²) in [5, 5.41) is 2.10. The Hall–Kier alpha value is -2.28. The largest absolute Gasteiger partial charge is 0.356 e. The summed E-state index contributed by atoms with van der Waals surface area (Å²) in [7, 11) is 0.